The minimum Gasteiger partial charge on any atom is -0.494 e. The number of rotatable bonds is 9. The van der Waals surface area contributed by atoms with E-state index >= 15 is 0 Å². The lowest BCUT2D eigenvalue weighted by molar-refractivity contribution is -0.118. The summed E-state index contributed by atoms with van der Waals surface area (Å²) in [4.78, 5) is 17.5. The first-order valence-corrected chi connectivity index (χ1v) is 12.1. The van der Waals surface area contributed by atoms with E-state index < -0.39 is 9.84 Å². The summed E-state index contributed by atoms with van der Waals surface area (Å²) in [5.74, 6) is 0.336. The van der Waals surface area contributed by atoms with Gasteiger partial charge in [0.1, 0.15) is 5.75 Å². The molecule has 0 aliphatic heterocycles. The summed E-state index contributed by atoms with van der Waals surface area (Å²) in [6.07, 6.45) is 2.04. The number of hydrogen-bond acceptors (Lipinski definition) is 5. The van der Waals surface area contributed by atoms with Crippen LogP contribution < -0.4 is 9.54 Å². The van der Waals surface area contributed by atoms with Gasteiger partial charge in [-0.05, 0) is 43.7 Å². The quantitative estimate of drug-likeness (QED) is 0.468. The molecule has 0 atom stereocenters. The molecule has 0 unspecified atom stereocenters. The lowest BCUT2D eigenvalue weighted by Gasteiger charge is -2.04. The Hall–Kier alpha value is -2.71. The van der Waals surface area contributed by atoms with Gasteiger partial charge in [0.15, 0.2) is 14.6 Å². The van der Waals surface area contributed by atoms with Gasteiger partial charge < -0.3 is 9.30 Å². The Morgan fingerprint density at radius 3 is 2.70 bits per heavy atom. The molecule has 0 aliphatic carbocycles. The van der Waals surface area contributed by atoms with E-state index in [1.807, 2.05) is 29.7 Å². The van der Waals surface area contributed by atoms with Crippen molar-refractivity contribution in [3.63, 3.8) is 0 Å². The molecule has 1 amide bonds. The molecule has 0 saturated heterocycles. The van der Waals surface area contributed by atoms with Crippen molar-refractivity contribution in [1.29, 1.82) is 0 Å². The summed E-state index contributed by atoms with van der Waals surface area (Å²) >= 11 is 1.40. The molecule has 0 spiro atoms. The molecule has 3 rings (SSSR count). The minimum atomic E-state index is -3.40. The molecule has 2 aromatic carbocycles. The van der Waals surface area contributed by atoms with E-state index in [1.165, 1.54) is 11.3 Å². The summed E-state index contributed by atoms with van der Waals surface area (Å²) < 4.78 is 33.1. The van der Waals surface area contributed by atoms with Crippen LogP contribution in [0.3, 0.4) is 0 Å². The van der Waals surface area contributed by atoms with Gasteiger partial charge in [0.05, 0.1) is 27.5 Å². The number of carbonyl (C=O) groups is 1. The van der Waals surface area contributed by atoms with Crippen LogP contribution in [-0.4, -0.2) is 31.3 Å². The van der Waals surface area contributed by atoms with Gasteiger partial charge in [0.25, 0.3) is 0 Å². The first-order valence-electron chi connectivity index (χ1n) is 9.67. The predicted molar refractivity (Wildman–Crippen MR) is 119 cm³/mol. The molecule has 0 radical (unpaired) electrons. The maximum atomic E-state index is 12.4. The summed E-state index contributed by atoms with van der Waals surface area (Å²) in [6, 6.07) is 14.0. The number of allylic oxidation sites excluding steroid dienone is 1. The Morgan fingerprint density at radius 2 is 2.00 bits per heavy atom. The Labute approximate surface area is 180 Å². The van der Waals surface area contributed by atoms with E-state index in [9.17, 15) is 13.2 Å². The maximum Gasteiger partial charge on any atom is 0.248 e. The number of carbonyl (C=O) groups excluding carboxylic acids is 1. The topological polar surface area (TPSA) is 77.7 Å². The van der Waals surface area contributed by atoms with Crippen molar-refractivity contribution in [1.82, 2.24) is 4.57 Å². The van der Waals surface area contributed by atoms with Crippen LogP contribution in [0, 0.1) is 0 Å². The van der Waals surface area contributed by atoms with Crippen LogP contribution in [-0.2, 0) is 21.2 Å². The Morgan fingerprint density at radius 1 is 1.23 bits per heavy atom. The molecule has 30 heavy (non-hydrogen) atoms. The normalized spacial score (nSPS) is 12.2. The van der Waals surface area contributed by atoms with Gasteiger partial charge in [-0.25, -0.2) is 8.42 Å². The first kappa shape index (κ1) is 22.0. The van der Waals surface area contributed by atoms with E-state index in [1.54, 1.807) is 36.4 Å². The molecular formula is C22H24N2O4S2. The molecular weight excluding hydrogens is 420 g/mol. The van der Waals surface area contributed by atoms with Crippen molar-refractivity contribution in [2.75, 3.05) is 12.4 Å². The first-order chi connectivity index (χ1) is 14.4. The van der Waals surface area contributed by atoms with Crippen molar-refractivity contribution in [2.45, 2.75) is 31.2 Å². The van der Waals surface area contributed by atoms with Crippen molar-refractivity contribution < 1.29 is 17.9 Å². The highest BCUT2D eigenvalue weighted by Crippen LogP contribution is 2.23. The Kier molecular flexibility index (Phi) is 7.23. The SMILES string of the molecule is C=CCn1c(=NC(=O)CCCS(=O)(=O)c2ccccc2)sc2cc(OCC)ccc21. The number of sulfone groups is 1. The van der Waals surface area contributed by atoms with Crippen molar-refractivity contribution in [2.24, 2.45) is 4.99 Å². The highest BCUT2D eigenvalue weighted by Gasteiger charge is 2.15. The van der Waals surface area contributed by atoms with E-state index in [-0.39, 0.29) is 29.4 Å². The maximum absolute atomic E-state index is 12.4. The summed E-state index contributed by atoms with van der Waals surface area (Å²) in [6.45, 7) is 6.80. The van der Waals surface area contributed by atoms with Gasteiger partial charge in [-0.1, -0.05) is 35.6 Å². The summed E-state index contributed by atoms with van der Waals surface area (Å²) in [5, 5.41) is 0. The van der Waals surface area contributed by atoms with Gasteiger partial charge in [-0.3, -0.25) is 4.79 Å². The van der Waals surface area contributed by atoms with Gasteiger partial charge in [0.2, 0.25) is 5.91 Å². The fraction of sp³-hybridized carbons (Fsp3) is 0.273. The monoisotopic (exact) mass is 444 g/mol. The third-order valence-electron chi connectivity index (χ3n) is 4.40. The number of amides is 1. The largest absolute Gasteiger partial charge is 0.494 e. The van der Waals surface area contributed by atoms with Crippen LogP contribution in [0.1, 0.15) is 19.8 Å². The standard InChI is InChI=1S/C22H24N2O4S2/c1-3-14-24-19-13-12-17(28-4-2)16-20(19)29-22(24)23-21(25)11-8-15-30(26,27)18-9-6-5-7-10-18/h3,5-7,9-10,12-13,16H,1,4,8,11,14-15H2,2H3. The van der Waals surface area contributed by atoms with Gasteiger partial charge in [-0.15, -0.1) is 6.58 Å². The molecule has 6 nitrogen and oxygen atoms in total. The molecule has 1 aromatic heterocycles. The van der Waals surface area contributed by atoms with Crippen molar-refractivity contribution >= 4 is 37.3 Å². The van der Waals surface area contributed by atoms with Crippen molar-refractivity contribution in [3.8, 4) is 5.75 Å². The zero-order valence-electron chi connectivity index (χ0n) is 16.8. The lowest BCUT2D eigenvalue weighted by Crippen LogP contribution is -2.16. The lowest BCUT2D eigenvalue weighted by atomic mass is 10.3. The fourth-order valence-corrected chi connectivity index (χ4v) is 5.44. The van der Waals surface area contributed by atoms with E-state index in [0.717, 1.165) is 16.0 Å². The molecule has 158 valence electrons. The second-order valence-corrected chi connectivity index (χ2v) is 9.71. The number of aromatic nitrogens is 1. The molecule has 8 heteroatoms. The van der Waals surface area contributed by atoms with Crippen LogP contribution >= 0.6 is 11.3 Å². The molecule has 0 fully saturated rings. The fourth-order valence-electron chi connectivity index (χ4n) is 3.02. The molecule has 0 N–H and O–H groups in total. The van der Waals surface area contributed by atoms with Crippen LogP contribution in [0.5, 0.6) is 5.75 Å². The average Bonchev–Trinajstić information content (AvgIpc) is 3.05. The third kappa shape index (κ3) is 5.25. The highest BCUT2D eigenvalue weighted by molar-refractivity contribution is 7.91. The summed E-state index contributed by atoms with van der Waals surface area (Å²) in [7, 11) is -3.40. The Bertz CT molecular complexity index is 1210. The number of nitrogens with zero attached hydrogens (tertiary/aromatic N) is 2. The average molecular weight is 445 g/mol. The zero-order valence-corrected chi connectivity index (χ0v) is 18.4. The van der Waals surface area contributed by atoms with E-state index in [0.29, 0.717) is 18.0 Å². The van der Waals surface area contributed by atoms with Gasteiger partial charge >= 0.3 is 0 Å². The summed E-state index contributed by atoms with van der Waals surface area (Å²) in [5.41, 5.74) is 0.946. The van der Waals surface area contributed by atoms with Crippen LogP contribution in [0.25, 0.3) is 10.2 Å². The number of fused-ring (bicyclic) bond motifs is 1. The highest BCUT2D eigenvalue weighted by atomic mass is 32.2. The predicted octanol–water partition coefficient (Wildman–Crippen LogP) is 3.97. The molecule has 3 aromatic rings. The van der Waals surface area contributed by atoms with Crippen molar-refractivity contribution in [3.05, 3.63) is 66.0 Å². The van der Waals surface area contributed by atoms with Crippen LogP contribution in [0.15, 0.2) is 71.1 Å². The van der Waals surface area contributed by atoms with Gasteiger partial charge in [-0.2, -0.15) is 4.99 Å². The zero-order chi connectivity index (χ0) is 21.6. The van der Waals surface area contributed by atoms with E-state index in [2.05, 4.69) is 11.6 Å². The second-order valence-electron chi connectivity index (χ2n) is 6.59. The van der Waals surface area contributed by atoms with Gasteiger partial charge in [0, 0.05) is 13.0 Å². The molecule has 0 aliphatic rings. The van der Waals surface area contributed by atoms with Crippen LogP contribution in [0.2, 0.25) is 0 Å². The number of ether oxygens (including phenoxy) is 1. The second kappa shape index (κ2) is 9.86. The Balaban J connectivity index is 1.77. The van der Waals surface area contributed by atoms with Crippen LogP contribution in [0.4, 0.5) is 0 Å². The smallest absolute Gasteiger partial charge is 0.248 e. The molecule has 0 bridgehead atoms. The number of benzene rings is 2. The third-order valence-corrected chi connectivity index (χ3v) is 7.26. The molecule has 0 saturated carbocycles. The molecule has 1 heterocycles. The number of thiazole rings is 1. The minimum absolute atomic E-state index is 0.0680. The number of hydrogen-bond donors (Lipinski definition) is 0. The van der Waals surface area contributed by atoms with E-state index in [4.69, 9.17) is 4.74 Å².